The lowest BCUT2D eigenvalue weighted by Crippen LogP contribution is -1.91. The number of Topliss-reactive ketones (excluding diaryl/α,β-unsaturated/α-hetero) is 1. The van der Waals surface area contributed by atoms with Gasteiger partial charge in [0.15, 0.2) is 5.78 Å². The summed E-state index contributed by atoms with van der Waals surface area (Å²) in [6, 6.07) is 0. The van der Waals surface area contributed by atoms with Crippen LogP contribution in [0.4, 0.5) is 0 Å². The molecule has 0 aliphatic carbocycles. The van der Waals surface area contributed by atoms with E-state index >= 15 is 0 Å². The van der Waals surface area contributed by atoms with E-state index in [-0.39, 0.29) is 5.78 Å². The van der Waals surface area contributed by atoms with Crippen LogP contribution in [0.5, 0.6) is 0 Å². The van der Waals surface area contributed by atoms with Crippen molar-refractivity contribution in [3.63, 3.8) is 0 Å². The molecule has 0 fully saturated rings. The summed E-state index contributed by atoms with van der Waals surface area (Å²) in [7, 11) is 0. The Morgan fingerprint density at radius 2 is 1.58 bits per heavy atom. The Hall–Kier alpha value is -1.11. The van der Waals surface area contributed by atoms with E-state index in [2.05, 4.69) is 6.58 Å². The molecule has 0 saturated carbocycles. The van der Waals surface area contributed by atoms with Gasteiger partial charge in [0.05, 0.1) is 0 Å². The molecule has 0 heterocycles. The Morgan fingerprint density at radius 3 is 1.92 bits per heavy atom. The van der Waals surface area contributed by atoms with E-state index in [1.807, 2.05) is 26.8 Å². The van der Waals surface area contributed by atoms with Crippen LogP contribution < -0.4 is 0 Å². The summed E-state index contributed by atoms with van der Waals surface area (Å²) in [6.07, 6.45) is 3.68. The maximum atomic E-state index is 10.9. The van der Waals surface area contributed by atoms with Gasteiger partial charge in [0, 0.05) is 0 Å². The van der Waals surface area contributed by atoms with Crippen LogP contribution in [-0.4, -0.2) is 5.78 Å². The minimum Gasteiger partial charge on any atom is -0.295 e. The zero-order valence-corrected chi connectivity index (χ0v) is 8.27. The van der Waals surface area contributed by atoms with Crippen LogP contribution in [0, 0.1) is 0 Å². The molecule has 66 valence electrons. The molecule has 0 aromatic carbocycles. The molecule has 0 spiro atoms. The minimum absolute atomic E-state index is 0.117. The third kappa shape index (κ3) is 3.33. The maximum Gasteiger partial charge on any atom is 0.155 e. The van der Waals surface area contributed by atoms with Crippen molar-refractivity contribution < 1.29 is 4.79 Å². The minimum atomic E-state index is 0.117. The summed E-state index contributed by atoms with van der Waals surface area (Å²) in [4.78, 5) is 10.9. The first-order valence-corrected chi connectivity index (χ1v) is 3.98. The second-order valence-electron chi connectivity index (χ2n) is 2.95. The lowest BCUT2D eigenvalue weighted by molar-refractivity contribution is -0.113. The van der Waals surface area contributed by atoms with E-state index in [0.717, 1.165) is 16.7 Å². The van der Waals surface area contributed by atoms with Gasteiger partial charge in [0.25, 0.3) is 0 Å². The molecule has 1 nitrogen and oxygen atoms in total. The number of hydrogen-bond acceptors (Lipinski definition) is 1. The highest BCUT2D eigenvalue weighted by molar-refractivity contribution is 5.93. The highest BCUT2D eigenvalue weighted by atomic mass is 16.1. The average Bonchev–Trinajstić information content (AvgIpc) is 2.02. The van der Waals surface area contributed by atoms with E-state index in [1.54, 1.807) is 13.0 Å². The van der Waals surface area contributed by atoms with E-state index in [0.29, 0.717) is 0 Å². The van der Waals surface area contributed by atoms with Crippen molar-refractivity contribution in [3.05, 3.63) is 35.5 Å². The predicted molar refractivity (Wildman–Crippen MR) is 53.0 cm³/mol. The molecule has 0 atom stereocenters. The molecule has 0 unspecified atom stereocenters. The van der Waals surface area contributed by atoms with Crippen LogP contribution in [0.2, 0.25) is 0 Å². The number of rotatable bonds is 3. The summed E-state index contributed by atoms with van der Waals surface area (Å²) in [5.41, 5.74) is 2.99. The van der Waals surface area contributed by atoms with E-state index in [4.69, 9.17) is 0 Å². The number of carbonyl (C=O) groups is 1. The molecule has 1 heteroatoms. The Labute approximate surface area is 74.5 Å². The van der Waals surface area contributed by atoms with Crippen LogP contribution in [0.1, 0.15) is 27.7 Å². The molecular weight excluding hydrogens is 148 g/mol. The molecule has 0 N–H and O–H groups in total. The van der Waals surface area contributed by atoms with Gasteiger partial charge >= 0.3 is 0 Å². The fourth-order valence-corrected chi connectivity index (χ4v) is 0.701. The molecule has 0 aromatic heterocycles. The van der Waals surface area contributed by atoms with Gasteiger partial charge < -0.3 is 0 Å². The fourth-order valence-electron chi connectivity index (χ4n) is 0.701. The summed E-state index contributed by atoms with van der Waals surface area (Å²) < 4.78 is 0. The van der Waals surface area contributed by atoms with E-state index in [1.165, 1.54) is 0 Å². The average molecular weight is 164 g/mol. The Balaban J connectivity index is 4.76. The number of allylic oxidation sites excluding steroid dienone is 5. The van der Waals surface area contributed by atoms with Gasteiger partial charge in [-0.05, 0) is 44.4 Å². The first kappa shape index (κ1) is 10.9. The molecule has 0 aliphatic heterocycles. The predicted octanol–water partition coefficient (Wildman–Crippen LogP) is 3.04. The molecule has 0 bridgehead atoms. The number of carbonyl (C=O) groups excluding carboxylic acids is 1. The van der Waals surface area contributed by atoms with Crippen molar-refractivity contribution >= 4 is 5.78 Å². The van der Waals surface area contributed by atoms with Crippen LogP contribution in [0.25, 0.3) is 0 Å². The van der Waals surface area contributed by atoms with Crippen molar-refractivity contribution in [2.45, 2.75) is 27.7 Å². The highest BCUT2D eigenvalue weighted by Crippen LogP contribution is 2.08. The van der Waals surface area contributed by atoms with E-state index < -0.39 is 0 Å². The molecule has 0 rings (SSSR count). The molecule has 0 saturated heterocycles. The largest absolute Gasteiger partial charge is 0.295 e. The summed E-state index contributed by atoms with van der Waals surface area (Å²) in [6.45, 7) is 11.0. The van der Waals surface area contributed by atoms with Gasteiger partial charge in [0.2, 0.25) is 0 Å². The van der Waals surface area contributed by atoms with Crippen LogP contribution in [-0.2, 0) is 4.79 Å². The van der Waals surface area contributed by atoms with Gasteiger partial charge in [0.1, 0.15) is 0 Å². The maximum absolute atomic E-state index is 10.9. The Morgan fingerprint density at radius 1 is 1.08 bits per heavy atom. The topological polar surface area (TPSA) is 17.1 Å². The van der Waals surface area contributed by atoms with Crippen LogP contribution in [0.15, 0.2) is 35.5 Å². The van der Waals surface area contributed by atoms with Gasteiger partial charge in [-0.3, -0.25) is 4.79 Å². The molecular formula is C11H16O. The van der Waals surface area contributed by atoms with Gasteiger partial charge in [-0.25, -0.2) is 0 Å². The summed E-state index contributed by atoms with van der Waals surface area (Å²) >= 11 is 0. The highest BCUT2D eigenvalue weighted by Gasteiger charge is 1.96. The fraction of sp³-hybridized carbons (Fsp3) is 0.364. The Kier molecular flexibility index (Phi) is 4.27. The number of ketones is 1. The molecule has 0 aliphatic rings. The SMILES string of the molecule is C=C/C(C)=C(C)\C=C(/C)C(C)=O. The molecule has 12 heavy (non-hydrogen) atoms. The van der Waals surface area contributed by atoms with Crippen molar-refractivity contribution in [2.24, 2.45) is 0 Å². The zero-order valence-electron chi connectivity index (χ0n) is 8.27. The van der Waals surface area contributed by atoms with Crippen LogP contribution in [0.3, 0.4) is 0 Å². The third-order valence-corrected chi connectivity index (χ3v) is 1.92. The quantitative estimate of drug-likeness (QED) is 0.463. The van der Waals surface area contributed by atoms with Crippen molar-refractivity contribution in [1.82, 2.24) is 0 Å². The van der Waals surface area contributed by atoms with Crippen LogP contribution >= 0.6 is 0 Å². The van der Waals surface area contributed by atoms with Gasteiger partial charge in [-0.1, -0.05) is 18.7 Å². The summed E-state index contributed by atoms with van der Waals surface area (Å²) in [5, 5.41) is 0. The third-order valence-electron chi connectivity index (χ3n) is 1.92. The smallest absolute Gasteiger partial charge is 0.155 e. The molecule has 0 radical (unpaired) electrons. The summed E-state index contributed by atoms with van der Waals surface area (Å²) in [5.74, 6) is 0.117. The van der Waals surface area contributed by atoms with Gasteiger partial charge in [-0.15, -0.1) is 0 Å². The first-order valence-electron chi connectivity index (χ1n) is 3.98. The zero-order chi connectivity index (χ0) is 9.72. The monoisotopic (exact) mass is 164 g/mol. The normalized spacial score (nSPS) is 13.8. The first-order chi connectivity index (χ1) is 5.49. The van der Waals surface area contributed by atoms with Crippen molar-refractivity contribution in [3.8, 4) is 0 Å². The second-order valence-corrected chi connectivity index (χ2v) is 2.95. The number of hydrogen-bond donors (Lipinski definition) is 0. The van der Waals surface area contributed by atoms with Crippen molar-refractivity contribution in [1.29, 1.82) is 0 Å². The van der Waals surface area contributed by atoms with E-state index in [9.17, 15) is 4.79 Å². The standard InChI is InChI=1S/C11H16O/c1-6-8(2)9(3)7-10(4)11(5)12/h6-7H,1H2,2-5H3/b9-8-,10-7+. The lowest BCUT2D eigenvalue weighted by atomic mass is 10.1. The molecule has 0 amide bonds. The molecule has 0 aromatic rings. The van der Waals surface area contributed by atoms with Gasteiger partial charge in [-0.2, -0.15) is 0 Å². The van der Waals surface area contributed by atoms with Crippen molar-refractivity contribution in [2.75, 3.05) is 0 Å². The Bertz CT molecular complexity index is 254. The lowest BCUT2D eigenvalue weighted by Gasteiger charge is -1.98. The second kappa shape index (κ2) is 4.70.